The predicted octanol–water partition coefficient (Wildman–Crippen LogP) is 5.23. The van der Waals surface area contributed by atoms with E-state index in [0.29, 0.717) is 11.3 Å². The lowest BCUT2D eigenvalue weighted by molar-refractivity contribution is 0.0888. The van der Waals surface area contributed by atoms with Gasteiger partial charge in [0.2, 0.25) is 0 Å². The Morgan fingerprint density at radius 2 is 1.19 bits per heavy atom. The Labute approximate surface area is 184 Å². The van der Waals surface area contributed by atoms with Crippen molar-refractivity contribution in [2.24, 2.45) is 0 Å². The van der Waals surface area contributed by atoms with Gasteiger partial charge < -0.3 is 14.2 Å². The van der Waals surface area contributed by atoms with E-state index < -0.39 is 29.1 Å². The van der Waals surface area contributed by atoms with Crippen molar-refractivity contribution >= 4 is 11.6 Å². The molecule has 0 aliphatic heterocycles. The molecule has 0 aliphatic carbocycles. The van der Waals surface area contributed by atoms with Gasteiger partial charge in [0.15, 0.2) is 11.6 Å². The number of rotatable bonds is 9. The molecule has 3 rings (SSSR count). The normalized spacial score (nSPS) is 11.5. The maximum absolute atomic E-state index is 14.6. The summed E-state index contributed by atoms with van der Waals surface area (Å²) in [4.78, 5) is 26.2. The van der Waals surface area contributed by atoms with Crippen molar-refractivity contribution in [2.75, 3.05) is 21.3 Å². The summed E-state index contributed by atoms with van der Waals surface area (Å²) in [6.45, 7) is 0. The van der Waals surface area contributed by atoms with Crippen molar-refractivity contribution in [2.45, 2.75) is 12.3 Å². The molecular formula is C25H22F2O5. The van der Waals surface area contributed by atoms with Crippen LogP contribution in [0.5, 0.6) is 17.2 Å². The number of methoxy groups -OCH3 is 3. The smallest absolute Gasteiger partial charge is 0.173 e. The monoisotopic (exact) mass is 440 g/mol. The van der Waals surface area contributed by atoms with Crippen LogP contribution in [0.1, 0.15) is 38.6 Å². The minimum Gasteiger partial charge on any atom is -0.497 e. The van der Waals surface area contributed by atoms with E-state index in [-0.39, 0.29) is 29.0 Å². The van der Waals surface area contributed by atoms with Gasteiger partial charge in [-0.05, 0) is 42.0 Å². The minimum atomic E-state index is -1.03. The molecule has 5 nitrogen and oxygen atoms in total. The van der Waals surface area contributed by atoms with Gasteiger partial charge in [-0.3, -0.25) is 9.59 Å². The van der Waals surface area contributed by atoms with E-state index >= 15 is 0 Å². The topological polar surface area (TPSA) is 61.8 Å². The molecule has 0 fully saturated rings. The summed E-state index contributed by atoms with van der Waals surface area (Å²) >= 11 is 0. The first-order chi connectivity index (χ1) is 15.4. The highest BCUT2D eigenvalue weighted by Crippen LogP contribution is 2.30. The molecule has 166 valence electrons. The Kier molecular flexibility index (Phi) is 7.20. The van der Waals surface area contributed by atoms with Crippen molar-refractivity contribution in [1.29, 1.82) is 0 Å². The van der Waals surface area contributed by atoms with Crippen LogP contribution in [0.4, 0.5) is 8.78 Å². The first-order valence-electron chi connectivity index (χ1n) is 9.76. The molecule has 0 heterocycles. The van der Waals surface area contributed by atoms with Crippen LogP contribution in [0.15, 0.2) is 60.7 Å². The fourth-order valence-electron chi connectivity index (χ4n) is 3.35. The molecule has 0 bridgehead atoms. The van der Waals surface area contributed by atoms with E-state index in [1.54, 1.807) is 24.3 Å². The van der Waals surface area contributed by atoms with Crippen molar-refractivity contribution in [1.82, 2.24) is 0 Å². The van der Waals surface area contributed by atoms with Gasteiger partial charge in [0.05, 0.1) is 38.4 Å². The van der Waals surface area contributed by atoms with E-state index in [0.717, 1.165) is 12.1 Å². The van der Waals surface area contributed by atoms with Crippen LogP contribution in [0.3, 0.4) is 0 Å². The van der Waals surface area contributed by atoms with Crippen LogP contribution in [-0.4, -0.2) is 32.9 Å². The molecule has 1 atom stereocenters. The summed E-state index contributed by atoms with van der Waals surface area (Å²) < 4.78 is 44.1. The van der Waals surface area contributed by atoms with Gasteiger partial charge >= 0.3 is 0 Å². The molecule has 0 N–H and O–H groups in total. The van der Waals surface area contributed by atoms with Crippen molar-refractivity contribution in [3.8, 4) is 17.2 Å². The van der Waals surface area contributed by atoms with Gasteiger partial charge in [0.25, 0.3) is 0 Å². The molecule has 0 amide bonds. The van der Waals surface area contributed by atoms with Gasteiger partial charge in [-0.2, -0.15) is 0 Å². The Hall–Kier alpha value is -3.74. The maximum atomic E-state index is 14.6. The van der Waals surface area contributed by atoms with Gasteiger partial charge in [-0.25, -0.2) is 8.78 Å². The lowest BCUT2D eigenvalue weighted by Gasteiger charge is -2.17. The Morgan fingerprint density at radius 3 is 1.66 bits per heavy atom. The molecule has 32 heavy (non-hydrogen) atoms. The van der Waals surface area contributed by atoms with Crippen LogP contribution < -0.4 is 14.2 Å². The highest BCUT2D eigenvalue weighted by molar-refractivity contribution is 6.06. The average molecular weight is 440 g/mol. The van der Waals surface area contributed by atoms with Gasteiger partial charge in [-0.15, -0.1) is 0 Å². The number of carbonyl (C=O) groups is 2. The van der Waals surface area contributed by atoms with E-state index in [1.807, 2.05) is 0 Å². The highest BCUT2D eigenvalue weighted by atomic mass is 19.1. The van der Waals surface area contributed by atoms with Gasteiger partial charge in [0.1, 0.15) is 28.9 Å². The molecule has 3 aromatic carbocycles. The predicted molar refractivity (Wildman–Crippen MR) is 115 cm³/mol. The summed E-state index contributed by atoms with van der Waals surface area (Å²) in [5.41, 5.74) is 0.121. The number of benzene rings is 3. The number of carbonyl (C=O) groups excluding carboxylic acids is 2. The lowest BCUT2D eigenvalue weighted by Crippen LogP contribution is -2.19. The van der Waals surface area contributed by atoms with Crippen LogP contribution in [-0.2, 0) is 0 Å². The number of ketones is 2. The molecule has 7 heteroatoms. The minimum absolute atomic E-state index is 0.174. The van der Waals surface area contributed by atoms with Crippen molar-refractivity contribution in [3.63, 3.8) is 0 Å². The van der Waals surface area contributed by atoms with Crippen molar-refractivity contribution in [3.05, 3.63) is 89.0 Å². The molecule has 0 aliphatic rings. The highest BCUT2D eigenvalue weighted by Gasteiger charge is 2.28. The van der Waals surface area contributed by atoms with E-state index in [2.05, 4.69) is 0 Å². The van der Waals surface area contributed by atoms with E-state index in [1.165, 1.54) is 45.6 Å². The van der Waals surface area contributed by atoms with Crippen LogP contribution in [0.2, 0.25) is 0 Å². The summed E-state index contributed by atoms with van der Waals surface area (Å²) in [6, 6.07) is 14.3. The third kappa shape index (κ3) is 4.94. The molecule has 3 aromatic rings. The summed E-state index contributed by atoms with van der Waals surface area (Å²) in [7, 11) is 4.27. The van der Waals surface area contributed by atoms with Crippen LogP contribution in [0, 0.1) is 11.6 Å². The molecule has 0 saturated heterocycles. The first-order valence-corrected chi connectivity index (χ1v) is 9.76. The van der Waals surface area contributed by atoms with E-state index in [9.17, 15) is 18.4 Å². The first kappa shape index (κ1) is 22.9. The fourth-order valence-corrected chi connectivity index (χ4v) is 3.35. The SMILES string of the molecule is COc1ccc(C(CC(=O)c2ccc(OC)cc2F)C(=O)c2ccc(OC)cc2F)cc1. The number of halogens is 2. The Bertz CT molecular complexity index is 1130. The molecule has 1 unspecified atom stereocenters. The Balaban J connectivity index is 1.98. The van der Waals surface area contributed by atoms with E-state index in [4.69, 9.17) is 14.2 Å². The largest absolute Gasteiger partial charge is 0.497 e. The van der Waals surface area contributed by atoms with Crippen molar-refractivity contribution < 1.29 is 32.6 Å². The summed E-state index contributed by atoms with van der Waals surface area (Å²) in [5.74, 6) is -2.66. The molecule has 0 saturated carbocycles. The summed E-state index contributed by atoms with van der Waals surface area (Å²) in [6.07, 6.45) is -0.347. The third-order valence-corrected chi connectivity index (χ3v) is 5.14. The molecular weight excluding hydrogens is 418 g/mol. The quantitative estimate of drug-likeness (QED) is 0.427. The summed E-state index contributed by atoms with van der Waals surface area (Å²) in [5, 5.41) is 0. The standard InChI is InChI=1S/C25H22F2O5/c1-30-16-6-4-15(5-7-16)21(25(29)20-11-9-18(32-3)13-23(20)27)14-24(28)19-10-8-17(31-2)12-22(19)26/h4-13,21H,14H2,1-3H3. The zero-order chi connectivity index (χ0) is 23.3. The molecule has 0 radical (unpaired) electrons. The molecule has 0 aromatic heterocycles. The molecule has 0 spiro atoms. The fraction of sp³-hybridized carbons (Fsp3) is 0.200. The maximum Gasteiger partial charge on any atom is 0.173 e. The second-order valence-electron chi connectivity index (χ2n) is 7.01. The third-order valence-electron chi connectivity index (χ3n) is 5.14. The second-order valence-corrected chi connectivity index (χ2v) is 7.01. The van der Waals surface area contributed by atoms with Crippen LogP contribution in [0.25, 0.3) is 0 Å². The second kappa shape index (κ2) is 10.0. The lowest BCUT2D eigenvalue weighted by atomic mass is 9.85. The zero-order valence-electron chi connectivity index (χ0n) is 17.9. The number of Topliss-reactive ketones (excluding diaryl/α,β-unsaturated/α-hetero) is 2. The number of hydrogen-bond acceptors (Lipinski definition) is 5. The Morgan fingerprint density at radius 1 is 0.719 bits per heavy atom. The zero-order valence-corrected chi connectivity index (χ0v) is 17.9. The number of hydrogen-bond donors (Lipinski definition) is 0. The average Bonchev–Trinajstić information content (AvgIpc) is 2.81. The van der Waals surface area contributed by atoms with Gasteiger partial charge in [-0.1, -0.05) is 12.1 Å². The number of ether oxygens (including phenoxy) is 3. The van der Waals surface area contributed by atoms with Crippen LogP contribution >= 0.6 is 0 Å². The van der Waals surface area contributed by atoms with Gasteiger partial charge in [0, 0.05) is 18.6 Å².